The minimum atomic E-state index is 0. The molecule has 0 fully saturated rings. The monoisotopic (exact) mass is 742 g/mol. The Balaban J connectivity index is 0.000000104. The van der Waals surface area contributed by atoms with Crippen molar-refractivity contribution in [3.8, 4) is 0 Å². The maximum atomic E-state index is 4.56. The number of aryl methyl sites for hydroxylation is 7. The zero-order chi connectivity index (χ0) is 38.0. The van der Waals surface area contributed by atoms with Crippen LogP contribution in [-0.2, 0) is 21.1 Å². The van der Waals surface area contributed by atoms with Crippen molar-refractivity contribution in [2.24, 2.45) is 21.1 Å². The summed E-state index contributed by atoms with van der Waals surface area (Å²) in [6, 6.07) is 28.8. The number of pyridine rings is 4. The Morgan fingerprint density at radius 2 is 1.12 bits per heavy atom. The van der Waals surface area contributed by atoms with Crippen molar-refractivity contribution < 1.29 is 0 Å². The number of rotatable bonds is 0. The van der Waals surface area contributed by atoms with E-state index < -0.39 is 0 Å². The van der Waals surface area contributed by atoms with Crippen LogP contribution in [0.4, 0.5) is 0 Å². The Kier molecular flexibility index (Phi) is 8.96. The summed E-state index contributed by atoms with van der Waals surface area (Å²) in [4.78, 5) is 21.3. The highest BCUT2D eigenvalue weighted by Crippen LogP contribution is 2.23. The van der Waals surface area contributed by atoms with Crippen molar-refractivity contribution >= 4 is 66.6 Å². The summed E-state index contributed by atoms with van der Waals surface area (Å²) >= 11 is 0. The Morgan fingerprint density at radius 3 is 1.89 bits per heavy atom. The van der Waals surface area contributed by atoms with Crippen LogP contribution < -0.4 is 0 Å². The van der Waals surface area contributed by atoms with Crippen molar-refractivity contribution in [2.45, 2.75) is 35.1 Å². The molecule has 12 aromatic rings. The maximum Gasteiger partial charge on any atom is 0.163 e. The summed E-state index contributed by atoms with van der Waals surface area (Å²) in [6.45, 7) is 8.12. The fourth-order valence-electron chi connectivity index (χ4n) is 7.27. The number of imidazole rings is 4. The van der Waals surface area contributed by atoms with Gasteiger partial charge in [-0.2, -0.15) is 0 Å². The van der Waals surface area contributed by atoms with E-state index >= 15 is 0 Å². The third-order valence-electron chi connectivity index (χ3n) is 10.5. The molecule has 12 rings (SSSR count). The Morgan fingerprint density at radius 1 is 0.500 bits per heavy atom. The van der Waals surface area contributed by atoms with E-state index in [4.69, 9.17) is 0 Å². The summed E-state index contributed by atoms with van der Waals surface area (Å²) in [5, 5.41) is 0. The molecule has 12 nitrogen and oxygen atoms in total. The van der Waals surface area contributed by atoms with Gasteiger partial charge in [0, 0.05) is 69.5 Å². The topological polar surface area (TPSA) is 99.8 Å². The van der Waals surface area contributed by atoms with Crippen molar-refractivity contribution in [2.75, 3.05) is 0 Å². The largest absolute Gasteiger partial charge is 0.341 e. The molecule has 0 unspecified atom stereocenters. The van der Waals surface area contributed by atoms with Gasteiger partial charge < -0.3 is 27.5 Å². The lowest BCUT2D eigenvalue weighted by Gasteiger charge is -1.94. The van der Waals surface area contributed by atoms with Crippen LogP contribution in [0.25, 0.3) is 66.6 Å². The molecule has 0 saturated heterocycles. The van der Waals surface area contributed by atoms with Crippen molar-refractivity contribution in [1.82, 2.24) is 56.2 Å². The minimum absolute atomic E-state index is 0. The van der Waals surface area contributed by atoms with E-state index in [9.17, 15) is 0 Å². The third kappa shape index (κ3) is 5.95. The smallest absolute Gasteiger partial charge is 0.163 e. The summed E-state index contributed by atoms with van der Waals surface area (Å²) in [5.41, 5.74) is 14.7. The number of hydrogen-bond acceptors (Lipinski definition) is 4. The zero-order valence-electron chi connectivity index (χ0n) is 32.0. The summed E-state index contributed by atoms with van der Waals surface area (Å²) in [7, 11) is 6.14. The molecule has 12 aromatic heterocycles. The molecule has 0 aromatic carbocycles. The lowest BCUT2D eigenvalue weighted by Crippen LogP contribution is -1.90. The molecule has 0 amide bonds. The highest BCUT2D eigenvalue weighted by molar-refractivity contribution is 5.93. The number of aromatic amines is 1. The fourth-order valence-corrected chi connectivity index (χ4v) is 7.27. The van der Waals surface area contributed by atoms with Crippen LogP contribution >= 0.6 is 0 Å². The van der Waals surface area contributed by atoms with Gasteiger partial charge in [-0.1, -0.05) is 31.7 Å². The first-order valence-electron chi connectivity index (χ1n) is 18.2. The van der Waals surface area contributed by atoms with Gasteiger partial charge in [-0.3, -0.25) is 8.80 Å². The molecule has 12 heterocycles. The molecule has 0 aliphatic heterocycles. The second-order valence-electron chi connectivity index (χ2n) is 13.9. The predicted molar refractivity (Wildman–Crippen MR) is 228 cm³/mol. The minimum Gasteiger partial charge on any atom is -0.341 e. The van der Waals surface area contributed by atoms with Gasteiger partial charge in [0.2, 0.25) is 0 Å². The summed E-state index contributed by atoms with van der Waals surface area (Å²) in [6.07, 6.45) is 12.3. The van der Waals surface area contributed by atoms with E-state index in [-0.39, 0.29) is 7.43 Å². The van der Waals surface area contributed by atoms with Crippen molar-refractivity contribution in [3.63, 3.8) is 0 Å². The number of H-pyrrole nitrogens is 1. The van der Waals surface area contributed by atoms with Gasteiger partial charge in [0.15, 0.2) is 11.3 Å². The van der Waals surface area contributed by atoms with Gasteiger partial charge in [0.1, 0.15) is 34.2 Å². The molecule has 12 heteroatoms. The molecule has 0 saturated carbocycles. The highest BCUT2D eigenvalue weighted by atomic mass is 15.1. The van der Waals surface area contributed by atoms with Crippen LogP contribution in [0.15, 0.2) is 122 Å². The van der Waals surface area contributed by atoms with Crippen LogP contribution in [0.1, 0.15) is 30.6 Å². The van der Waals surface area contributed by atoms with Crippen LogP contribution in [0.3, 0.4) is 0 Å². The first kappa shape index (κ1) is 35.9. The summed E-state index contributed by atoms with van der Waals surface area (Å²) < 4.78 is 14.8. The van der Waals surface area contributed by atoms with E-state index in [2.05, 4.69) is 106 Å². The number of nitrogens with zero attached hydrogens (tertiary/aromatic N) is 11. The normalized spacial score (nSPS) is 11.3. The molecule has 56 heavy (non-hydrogen) atoms. The van der Waals surface area contributed by atoms with E-state index in [1.165, 1.54) is 33.3 Å². The number of hydrogen-bond donors (Lipinski definition) is 1. The van der Waals surface area contributed by atoms with Crippen LogP contribution in [0.2, 0.25) is 0 Å². The molecule has 0 bridgehead atoms. The van der Waals surface area contributed by atoms with Crippen LogP contribution in [-0.4, -0.2) is 56.2 Å². The fraction of sp³-hybridized carbons (Fsp3) is 0.182. The number of fused-ring (bicyclic) bond motifs is 12. The van der Waals surface area contributed by atoms with E-state index in [0.717, 1.165) is 56.5 Å². The third-order valence-corrected chi connectivity index (χ3v) is 10.5. The average Bonchev–Trinajstić information content (AvgIpc) is 4.08. The number of aromatic nitrogens is 12. The Bertz CT molecular complexity index is 3040. The Labute approximate surface area is 323 Å². The average molecular weight is 743 g/mol. The molecule has 282 valence electrons. The van der Waals surface area contributed by atoms with Gasteiger partial charge in [-0.15, -0.1) is 0 Å². The second-order valence-corrected chi connectivity index (χ2v) is 13.9. The highest BCUT2D eigenvalue weighted by Gasteiger charge is 2.11. The van der Waals surface area contributed by atoms with E-state index in [0.29, 0.717) is 0 Å². The van der Waals surface area contributed by atoms with E-state index in [1.54, 1.807) is 0 Å². The van der Waals surface area contributed by atoms with Gasteiger partial charge in [0.25, 0.3) is 0 Å². The second kappa shape index (κ2) is 14.0. The Hall–Kier alpha value is -7.08. The van der Waals surface area contributed by atoms with Gasteiger partial charge >= 0.3 is 0 Å². The molecule has 0 atom stereocenters. The van der Waals surface area contributed by atoms with Gasteiger partial charge in [-0.25, -0.2) is 19.9 Å². The lowest BCUT2D eigenvalue weighted by atomic mass is 10.4. The van der Waals surface area contributed by atoms with Crippen LogP contribution in [0.5, 0.6) is 0 Å². The molecule has 0 spiro atoms. The van der Waals surface area contributed by atoms with Gasteiger partial charge in [-0.05, 0) is 88.4 Å². The van der Waals surface area contributed by atoms with Gasteiger partial charge in [0.05, 0.1) is 33.1 Å². The maximum absolute atomic E-state index is 4.56. The lowest BCUT2D eigenvalue weighted by molar-refractivity contribution is 0.882. The zero-order valence-corrected chi connectivity index (χ0v) is 32.0. The molecular weight excluding hydrogens is 697 g/mol. The quantitative estimate of drug-likeness (QED) is 0.168. The summed E-state index contributed by atoms with van der Waals surface area (Å²) in [5.74, 6) is 3.07. The molecular formula is C44H46N12. The van der Waals surface area contributed by atoms with Crippen molar-refractivity contribution in [1.29, 1.82) is 0 Å². The molecule has 0 aliphatic carbocycles. The standard InChI is InChI=1S/3C11H11N3.C10H9N3.CH4/c1-8-12-11-9-5-3-4-6-14(9)7-10(11)13(8)2;1-8-12-11-10(13(8)2)7-9-5-3-4-6-14(9)11;1-8-7-9-11(13(8)2)12-10-5-3-4-6-14(9)10;1-7-11-8-6-13-5-3-2-4-9(13)10(8)12-7;/h3*3-7H,1-2H3;2-6H,1H3,(H,11,12);1H4. The molecule has 0 radical (unpaired) electrons. The SMILES string of the molecule is C.Cc1cc2c(nc3ccccn32)n1C.Cc1nc2c(cc3ccccn32)n1C.Cc1nc2c(cn3ccccc23)[nH]1.Cc1nc2c(cn3ccccc23)n1C. The predicted octanol–water partition coefficient (Wildman–Crippen LogP) is 9.16. The van der Waals surface area contributed by atoms with E-state index in [1.807, 2.05) is 121 Å². The van der Waals surface area contributed by atoms with Crippen molar-refractivity contribution in [3.05, 3.63) is 145 Å². The van der Waals surface area contributed by atoms with Crippen LogP contribution in [0, 0.1) is 27.7 Å². The first-order chi connectivity index (χ1) is 26.7. The first-order valence-corrected chi connectivity index (χ1v) is 18.2. The molecule has 1 N–H and O–H groups in total. The number of nitrogens with one attached hydrogen (secondary N) is 1. The molecule has 0 aliphatic rings.